The van der Waals surface area contributed by atoms with E-state index in [0.717, 1.165) is 39.7 Å². The van der Waals surface area contributed by atoms with Crippen molar-refractivity contribution in [2.24, 2.45) is 7.05 Å². The Hall–Kier alpha value is -2.89. The van der Waals surface area contributed by atoms with E-state index in [-0.39, 0.29) is 0 Å². The Bertz CT molecular complexity index is 902. The molecule has 22 heavy (non-hydrogen) atoms. The van der Waals surface area contributed by atoms with Crippen LogP contribution in [-0.4, -0.2) is 30.4 Å². The molecular formula is C16H16N4O2. The standard InChI is InChI=1S/C16H16N4O2/c1-10-9-20(15-12(10)5-4-8-17-15)16-13(6-7-14(21)22)11(2)18-19(16)3/h4-9H,1-3H3,(H,21,22). The zero-order chi connectivity index (χ0) is 15.9. The van der Waals surface area contributed by atoms with E-state index in [4.69, 9.17) is 5.11 Å². The topological polar surface area (TPSA) is 72.9 Å². The fraction of sp³-hybridized carbons (Fsp3) is 0.188. The van der Waals surface area contributed by atoms with Gasteiger partial charge in [-0.2, -0.15) is 5.10 Å². The molecule has 0 saturated heterocycles. The van der Waals surface area contributed by atoms with Gasteiger partial charge in [-0.15, -0.1) is 0 Å². The highest BCUT2D eigenvalue weighted by Crippen LogP contribution is 2.26. The van der Waals surface area contributed by atoms with Crippen LogP contribution in [0, 0.1) is 13.8 Å². The van der Waals surface area contributed by atoms with Crippen molar-refractivity contribution in [2.75, 3.05) is 0 Å². The van der Waals surface area contributed by atoms with Crippen LogP contribution in [0.4, 0.5) is 0 Å². The maximum Gasteiger partial charge on any atom is 0.328 e. The second-order valence-corrected chi connectivity index (χ2v) is 5.17. The molecule has 0 bridgehead atoms. The molecule has 0 aliphatic carbocycles. The fourth-order valence-electron chi connectivity index (χ4n) is 2.68. The summed E-state index contributed by atoms with van der Waals surface area (Å²) >= 11 is 0. The van der Waals surface area contributed by atoms with Crippen LogP contribution in [-0.2, 0) is 11.8 Å². The second-order valence-electron chi connectivity index (χ2n) is 5.17. The molecule has 3 aromatic heterocycles. The molecule has 3 rings (SSSR count). The van der Waals surface area contributed by atoms with Crippen molar-refractivity contribution in [3.63, 3.8) is 0 Å². The minimum Gasteiger partial charge on any atom is -0.478 e. The Balaban J connectivity index is 2.29. The average Bonchev–Trinajstić information content (AvgIpc) is 2.94. The van der Waals surface area contributed by atoms with Gasteiger partial charge in [-0.1, -0.05) is 0 Å². The number of nitrogens with zero attached hydrogens (tertiary/aromatic N) is 4. The molecule has 0 fully saturated rings. The second kappa shape index (κ2) is 5.14. The van der Waals surface area contributed by atoms with E-state index in [2.05, 4.69) is 10.1 Å². The number of aliphatic carboxylic acids is 1. The van der Waals surface area contributed by atoms with Gasteiger partial charge in [-0.25, -0.2) is 9.78 Å². The summed E-state index contributed by atoms with van der Waals surface area (Å²) < 4.78 is 3.69. The van der Waals surface area contributed by atoms with Gasteiger partial charge in [0.05, 0.1) is 5.69 Å². The summed E-state index contributed by atoms with van der Waals surface area (Å²) in [4.78, 5) is 15.3. The van der Waals surface area contributed by atoms with Crippen molar-refractivity contribution >= 4 is 23.1 Å². The summed E-state index contributed by atoms with van der Waals surface area (Å²) in [5.41, 5.74) is 3.47. The van der Waals surface area contributed by atoms with Crippen LogP contribution >= 0.6 is 0 Å². The van der Waals surface area contributed by atoms with Crippen LogP contribution in [0.5, 0.6) is 0 Å². The van der Waals surface area contributed by atoms with Gasteiger partial charge < -0.3 is 5.11 Å². The van der Waals surface area contributed by atoms with Crippen LogP contribution in [0.25, 0.3) is 22.9 Å². The fourth-order valence-corrected chi connectivity index (χ4v) is 2.68. The first kappa shape index (κ1) is 14.1. The SMILES string of the molecule is Cc1nn(C)c(-n2cc(C)c3cccnc32)c1C=CC(=O)O. The number of rotatable bonds is 3. The van der Waals surface area contributed by atoms with Crippen LogP contribution in [0.2, 0.25) is 0 Å². The monoisotopic (exact) mass is 296 g/mol. The normalized spacial score (nSPS) is 11.6. The number of carboxylic acids is 1. The van der Waals surface area contributed by atoms with Crippen LogP contribution in [0.1, 0.15) is 16.8 Å². The van der Waals surface area contributed by atoms with E-state index in [1.54, 1.807) is 17.0 Å². The molecule has 0 radical (unpaired) electrons. The Morgan fingerprint density at radius 1 is 1.36 bits per heavy atom. The van der Waals surface area contributed by atoms with Crippen LogP contribution in [0.3, 0.4) is 0 Å². The molecule has 112 valence electrons. The maximum atomic E-state index is 10.8. The number of carbonyl (C=O) groups is 1. The van der Waals surface area contributed by atoms with Crippen molar-refractivity contribution < 1.29 is 9.90 Å². The van der Waals surface area contributed by atoms with Crippen LogP contribution in [0.15, 0.2) is 30.6 Å². The highest BCUT2D eigenvalue weighted by Gasteiger charge is 2.16. The third kappa shape index (κ3) is 2.18. The number of fused-ring (bicyclic) bond motifs is 1. The zero-order valence-corrected chi connectivity index (χ0v) is 12.6. The average molecular weight is 296 g/mol. The van der Waals surface area contributed by atoms with E-state index in [9.17, 15) is 4.79 Å². The molecule has 0 amide bonds. The van der Waals surface area contributed by atoms with Crippen molar-refractivity contribution in [3.05, 3.63) is 47.4 Å². The Morgan fingerprint density at radius 3 is 2.86 bits per heavy atom. The molecule has 3 aromatic rings. The van der Waals surface area contributed by atoms with Gasteiger partial charge in [0.1, 0.15) is 11.5 Å². The van der Waals surface area contributed by atoms with Gasteiger partial charge in [-0.05, 0) is 37.6 Å². The largest absolute Gasteiger partial charge is 0.478 e. The van der Waals surface area contributed by atoms with E-state index >= 15 is 0 Å². The minimum atomic E-state index is -0.985. The third-order valence-electron chi connectivity index (χ3n) is 3.62. The van der Waals surface area contributed by atoms with Gasteiger partial charge in [-0.3, -0.25) is 9.25 Å². The Morgan fingerprint density at radius 2 is 2.14 bits per heavy atom. The highest BCUT2D eigenvalue weighted by molar-refractivity contribution is 5.87. The summed E-state index contributed by atoms with van der Waals surface area (Å²) in [6, 6.07) is 3.92. The first-order valence-corrected chi connectivity index (χ1v) is 6.86. The predicted molar refractivity (Wildman–Crippen MR) is 84.0 cm³/mol. The number of carboxylic acid groups (broad SMARTS) is 1. The Kier molecular flexibility index (Phi) is 3.29. The molecule has 1 N–H and O–H groups in total. The molecule has 0 aliphatic rings. The molecule has 0 aromatic carbocycles. The van der Waals surface area contributed by atoms with Gasteiger partial charge in [0.2, 0.25) is 0 Å². The highest BCUT2D eigenvalue weighted by atomic mass is 16.4. The van der Waals surface area contributed by atoms with Crippen molar-refractivity contribution in [3.8, 4) is 5.82 Å². The van der Waals surface area contributed by atoms with Gasteiger partial charge in [0, 0.05) is 36.5 Å². The number of aryl methyl sites for hydroxylation is 3. The first-order chi connectivity index (χ1) is 10.5. The van der Waals surface area contributed by atoms with Gasteiger partial charge >= 0.3 is 5.97 Å². The van der Waals surface area contributed by atoms with Gasteiger partial charge in [0.25, 0.3) is 0 Å². The maximum absolute atomic E-state index is 10.8. The molecule has 6 nitrogen and oxygen atoms in total. The molecule has 0 saturated carbocycles. The van der Waals surface area contributed by atoms with Crippen molar-refractivity contribution in [1.29, 1.82) is 0 Å². The Labute approximate surface area is 127 Å². The van der Waals surface area contributed by atoms with E-state index in [0.29, 0.717) is 0 Å². The van der Waals surface area contributed by atoms with Crippen LogP contribution < -0.4 is 0 Å². The lowest BCUT2D eigenvalue weighted by atomic mass is 10.2. The van der Waals surface area contributed by atoms with E-state index in [1.165, 1.54) is 0 Å². The molecule has 6 heteroatoms. The molecule has 0 aliphatic heterocycles. The summed E-state index contributed by atoms with van der Waals surface area (Å²) in [6.45, 7) is 3.88. The number of aromatic nitrogens is 4. The molecule has 3 heterocycles. The number of hydrogen-bond acceptors (Lipinski definition) is 3. The third-order valence-corrected chi connectivity index (χ3v) is 3.62. The lowest BCUT2D eigenvalue weighted by Crippen LogP contribution is -2.04. The van der Waals surface area contributed by atoms with E-state index in [1.807, 2.05) is 43.8 Å². The zero-order valence-electron chi connectivity index (χ0n) is 12.6. The number of hydrogen-bond donors (Lipinski definition) is 1. The van der Waals surface area contributed by atoms with Gasteiger partial charge in [0.15, 0.2) is 0 Å². The molecular weight excluding hydrogens is 280 g/mol. The summed E-state index contributed by atoms with van der Waals surface area (Å²) in [7, 11) is 1.84. The summed E-state index contributed by atoms with van der Waals surface area (Å²) in [5, 5.41) is 14.3. The number of pyridine rings is 1. The van der Waals surface area contributed by atoms with Crippen molar-refractivity contribution in [2.45, 2.75) is 13.8 Å². The molecule has 0 unspecified atom stereocenters. The quantitative estimate of drug-likeness (QED) is 0.754. The summed E-state index contributed by atoms with van der Waals surface area (Å²) in [6.07, 6.45) is 6.43. The molecule has 0 atom stereocenters. The smallest absolute Gasteiger partial charge is 0.328 e. The first-order valence-electron chi connectivity index (χ1n) is 6.86. The lowest BCUT2D eigenvalue weighted by molar-refractivity contribution is -0.131. The minimum absolute atomic E-state index is 0.769. The van der Waals surface area contributed by atoms with E-state index < -0.39 is 5.97 Å². The predicted octanol–water partition coefficient (Wildman–Crippen LogP) is 2.47. The molecule has 0 spiro atoms. The summed E-state index contributed by atoms with van der Waals surface area (Å²) in [5.74, 6) is -0.187. The lowest BCUT2D eigenvalue weighted by Gasteiger charge is -2.06. The van der Waals surface area contributed by atoms with Crippen molar-refractivity contribution in [1.82, 2.24) is 19.3 Å².